The number of aromatic nitrogens is 1. The molecule has 2 heterocycles. The van der Waals surface area contributed by atoms with E-state index in [2.05, 4.69) is 10.3 Å². The lowest BCUT2D eigenvalue weighted by molar-refractivity contribution is -0.137. The summed E-state index contributed by atoms with van der Waals surface area (Å²) in [6, 6.07) is 8.37. The number of nitrogens with zero attached hydrogens (tertiary/aromatic N) is 2. The van der Waals surface area contributed by atoms with E-state index in [4.69, 9.17) is 0 Å². The van der Waals surface area contributed by atoms with Gasteiger partial charge < -0.3 is 10.2 Å². The minimum absolute atomic E-state index is 0. The van der Waals surface area contributed by atoms with Crippen LogP contribution in [-0.4, -0.2) is 35.4 Å². The highest BCUT2D eigenvalue weighted by molar-refractivity contribution is 5.85. The number of amides is 1. The number of halogens is 4. The van der Waals surface area contributed by atoms with E-state index in [0.29, 0.717) is 25.2 Å². The van der Waals surface area contributed by atoms with Gasteiger partial charge in [-0.2, -0.15) is 13.2 Å². The fourth-order valence-electron chi connectivity index (χ4n) is 2.96. The van der Waals surface area contributed by atoms with Gasteiger partial charge in [-0.15, -0.1) is 12.4 Å². The van der Waals surface area contributed by atoms with Gasteiger partial charge in [0.1, 0.15) is 0 Å². The minimum atomic E-state index is -4.37. The highest BCUT2D eigenvalue weighted by Crippen LogP contribution is 2.29. The Morgan fingerprint density at radius 3 is 2.58 bits per heavy atom. The van der Waals surface area contributed by atoms with Crippen LogP contribution in [0, 0.1) is 0 Å². The van der Waals surface area contributed by atoms with E-state index in [1.807, 2.05) is 12.1 Å². The maximum absolute atomic E-state index is 12.7. The molecule has 2 aromatic rings. The molecule has 1 fully saturated rings. The molecule has 8 heteroatoms. The highest BCUT2D eigenvalue weighted by atomic mass is 35.5. The maximum atomic E-state index is 12.7. The van der Waals surface area contributed by atoms with Crippen molar-refractivity contribution in [1.29, 1.82) is 0 Å². The van der Waals surface area contributed by atoms with Gasteiger partial charge in [0.2, 0.25) is 5.91 Å². The number of rotatable bonds is 3. The number of carbonyl (C=O) groups excluding carboxylic acids is 1. The molecular weight excluding hydrogens is 367 g/mol. The number of alkyl halides is 3. The molecule has 26 heavy (non-hydrogen) atoms. The van der Waals surface area contributed by atoms with Crippen LogP contribution in [0.25, 0.3) is 0 Å². The van der Waals surface area contributed by atoms with Crippen molar-refractivity contribution in [2.24, 2.45) is 0 Å². The fraction of sp³-hybridized carbons (Fsp3) is 0.333. The second kappa shape index (κ2) is 8.51. The zero-order valence-electron chi connectivity index (χ0n) is 13.9. The van der Waals surface area contributed by atoms with Gasteiger partial charge in [-0.3, -0.25) is 9.78 Å². The number of benzene rings is 1. The van der Waals surface area contributed by atoms with Gasteiger partial charge in [-0.25, -0.2) is 0 Å². The minimum Gasteiger partial charge on any atom is -0.333 e. The predicted octanol–water partition coefficient (Wildman–Crippen LogP) is 3.24. The Kier molecular flexibility index (Phi) is 6.61. The fourth-order valence-corrected chi connectivity index (χ4v) is 2.96. The Labute approximate surface area is 155 Å². The number of hydrogen-bond donors (Lipinski definition) is 1. The number of hydrogen-bond acceptors (Lipinski definition) is 3. The molecule has 1 amide bonds. The maximum Gasteiger partial charge on any atom is 0.416 e. The van der Waals surface area contributed by atoms with Crippen LogP contribution in [0.2, 0.25) is 0 Å². The third-order valence-electron chi connectivity index (χ3n) is 4.27. The third-order valence-corrected chi connectivity index (χ3v) is 4.27. The number of nitrogens with one attached hydrogen (secondary N) is 1. The lowest BCUT2D eigenvalue weighted by Crippen LogP contribution is -2.49. The Hall–Kier alpha value is -2.12. The van der Waals surface area contributed by atoms with E-state index < -0.39 is 11.7 Å². The summed E-state index contributed by atoms with van der Waals surface area (Å²) < 4.78 is 37.9. The first-order valence-corrected chi connectivity index (χ1v) is 8.01. The Morgan fingerprint density at radius 1 is 1.23 bits per heavy atom. The first-order chi connectivity index (χ1) is 11.9. The summed E-state index contributed by atoms with van der Waals surface area (Å²) in [6.07, 6.45) is -0.883. The van der Waals surface area contributed by atoms with Crippen LogP contribution in [0.5, 0.6) is 0 Å². The number of pyridine rings is 1. The van der Waals surface area contributed by atoms with E-state index in [1.165, 1.54) is 12.1 Å². The molecular formula is C18H19ClF3N3O. The van der Waals surface area contributed by atoms with Crippen molar-refractivity contribution in [3.8, 4) is 0 Å². The predicted molar refractivity (Wildman–Crippen MR) is 94.0 cm³/mol. The zero-order chi connectivity index (χ0) is 17.9. The molecule has 1 aliphatic heterocycles. The molecule has 0 aliphatic carbocycles. The molecule has 1 atom stereocenters. The van der Waals surface area contributed by atoms with Crippen molar-refractivity contribution in [3.05, 3.63) is 65.5 Å². The highest BCUT2D eigenvalue weighted by Gasteiger charge is 2.31. The molecule has 3 rings (SSSR count). The van der Waals surface area contributed by atoms with E-state index in [0.717, 1.165) is 17.7 Å². The van der Waals surface area contributed by atoms with Crippen molar-refractivity contribution in [1.82, 2.24) is 15.2 Å². The first kappa shape index (κ1) is 20.2. The quantitative estimate of drug-likeness (QED) is 0.882. The summed E-state index contributed by atoms with van der Waals surface area (Å²) in [4.78, 5) is 18.6. The molecule has 1 aromatic heterocycles. The summed E-state index contributed by atoms with van der Waals surface area (Å²) >= 11 is 0. The summed E-state index contributed by atoms with van der Waals surface area (Å²) in [5, 5.41) is 3.26. The lowest BCUT2D eigenvalue weighted by atomic mass is 10.0. The Bertz CT molecular complexity index is 723. The van der Waals surface area contributed by atoms with Crippen LogP contribution in [0.4, 0.5) is 13.2 Å². The summed E-state index contributed by atoms with van der Waals surface area (Å²) in [5.74, 6) is -0.102. The standard InChI is InChI=1S/C18H18F3N3O.ClH/c19-18(20,21)15-5-3-13(4-6-15)10-17(25)24-9-8-23-12-16(24)14-2-1-7-22-11-14;/h1-7,11,16,23H,8-10,12H2;1H. The summed E-state index contributed by atoms with van der Waals surface area (Å²) in [7, 11) is 0. The molecule has 4 nitrogen and oxygen atoms in total. The monoisotopic (exact) mass is 385 g/mol. The second-order valence-electron chi connectivity index (χ2n) is 5.96. The van der Waals surface area contributed by atoms with Gasteiger partial charge in [0, 0.05) is 32.0 Å². The van der Waals surface area contributed by atoms with Gasteiger partial charge in [-0.05, 0) is 29.3 Å². The van der Waals surface area contributed by atoms with E-state index >= 15 is 0 Å². The SMILES string of the molecule is Cl.O=C(Cc1ccc(C(F)(F)F)cc1)N1CCNCC1c1cccnc1. The van der Waals surface area contributed by atoms with Gasteiger partial charge in [0.25, 0.3) is 0 Å². The normalized spacial score (nSPS) is 17.5. The molecule has 0 radical (unpaired) electrons. The molecule has 0 bridgehead atoms. The van der Waals surface area contributed by atoms with Crippen LogP contribution < -0.4 is 5.32 Å². The molecule has 0 spiro atoms. The molecule has 140 valence electrons. The van der Waals surface area contributed by atoms with Crippen molar-refractivity contribution in [3.63, 3.8) is 0 Å². The molecule has 1 aliphatic rings. The van der Waals surface area contributed by atoms with Crippen molar-refractivity contribution >= 4 is 18.3 Å². The Morgan fingerprint density at radius 2 is 1.96 bits per heavy atom. The van der Waals surface area contributed by atoms with Gasteiger partial charge in [0.15, 0.2) is 0 Å². The van der Waals surface area contributed by atoms with E-state index in [1.54, 1.807) is 17.3 Å². The molecule has 1 unspecified atom stereocenters. The lowest BCUT2D eigenvalue weighted by Gasteiger charge is -2.36. The molecule has 1 saturated heterocycles. The summed E-state index contributed by atoms with van der Waals surface area (Å²) in [5.41, 5.74) is 0.802. The van der Waals surface area contributed by atoms with Crippen LogP contribution in [0.1, 0.15) is 22.7 Å². The van der Waals surface area contributed by atoms with Crippen LogP contribution >= 0.6 is 12.4 Å². The van der Waals surface area contributed by atoms with Crippen molar-refractivity contribution < 1.29 is 18.0 Å². The Balaban J connectivity index is 0.00000243. The molecule has 1 aromatic carbocycles. The van der Waals surface area contributed by atoms with Crippen LogP contribution in [-0.2, 0) is 17.4 Å². The van der Waals surface area contributed by atoms with Gasteiger partial charge in [0.05, 0.1) is 18.0 Å². The average Bonchev–Trinajstić information content (AvgIpc) is 2.62. The summed E-state index contributed by atoms with van der Waals surface area (Å²) in [6.45, 7) is 1.87. The second-order valence-corrected chi connectivity index (χ2v) is 5.96. The number of carbonyl (C=O) groups is 1. The zero-order valence-corrected chi connectivity index (χ0v) is 14.7. The first-order valence-electron chi connectivity index (χ1n) is 8.01. The van der Waals surface area contributed by atoms with E-state index in [9.17, 15) is 18.0 Å². The van der Waals surface area contributed by atoms with E-state index in [-0.39, 0.29) is 30.8 Å². The van der Waals surface area contributed by atoms with Crippen LogP contribution in [0.3, 0.4) is 0 Å². The van der Waals surface area contributed by atoms with Gasteiger partial charge >= 0.3 is 6.18 Å². The molecule has 1 N–H and O–H groups in total. The third kappa shape index (κ3) is 4.74. The topological polar surface area (TPSA) is 45.2 Å². The molecule has 0 saturated carbocycles. The number of piperazine rings is 1. The van der Waals surface area contributed by atoms with Crippen molar-refractivity contribution in [2.75, 3.05) is 19.6 Å². The van der Waals surface area contributed by atoms with Gasteiger partial charge in [-0.1, -0.05) is 18.2 Å². The largest absolute Gasteiger partial charge is 0.416 e. The smallest absolute Gasteiger partial charge is 0.333 e. The average molecular weight is 386 g/mol. The van der Waals surface area contributed by atoms with Crippen LogP contribution in [0.15, 0.2) is 48.8 Å². The van der Waals surface area contributed by atoms with Crippen molar-refractivity contribution in [2.45, 2.75) is 18.6 Å².